The van der Waals surface area contributed by atoms with E-state index in [1.54, 1.807) is 16.4 Å². The summed E-state index contributed by atoms with van der Waals surface area (Å²) < 4.78 is 1.71. The number of nitrogens with one attached hydrogen (secondary N) is 1. The number of nitrogens with zero attached hydrogens (tertiary/aromatic N) is 5. The number of oxime groups is 1. The fourth-order valence-corrected chi connectivity index (χ4v) is 4.09. The highest BCUT2D eigenvalue weighted by atomic mass is 32.1. The van der Waals surface area contributed by atoms with Crippen LogP contribution in [-0.4, -0.2) is 37.7 Å². The van der Waals surface area contributed by atoms with Crippen LogP contribution in [0, 0.1) is 0 Å². The van der Waals surface area contributed by atoms with Crippen LogP contribution in [0.15, 0.2) is 77.7 Å². The van der Waals surface area contributed by atoms with E-state index < -0.39 is 6.10 Å². The highest BCUT2D eigenvalue weighted by Gasteiger charge is 2.28. The number of carbonyl (C=O) groups is 1. The molecular formula is C23H20N6O2S. The lowest BCUT2D eigenvalue weighted by Gasteiger charge is -2.12. The summed E-state index contributed by atoms with van der Waals surface area (Å²) in [6.07, 6.45) is 4.19. The average molecular weight is 445 g/mol. The van der Waals surface area contributed by atoms with Crippen molar-refractivity contribution in [1.82, 2.24) is 25.3 Å². The van der Waals surface area contributed by atoms with Gasteiger partial charge in [-0.15, -0.1) is 16.4 Å². The van der Waals surface area contributed by atoms with Crippen molar-refractivity contribution in [3.05, 3.63) is 83.6 Å². The number of carbonyl (C=O) groups excluding carboxylic acids is 1. The van der Waals surface area contributed by atoms with Crippen LogP contribution in [0.2, 0.25) is 0 Å². The van der Waals surface area contributed by atoms with Gasteiger partial charge in [0.2, 0.25) is 6.10 Å². The van der Waals surface area contributed by atoms with Gasteiger partial charge in [0.15, 0.2) is 0 Å². The summed E-state index contributed by atoms with van der Waals surface area (Å²) in [6, 6.07) is 17.8. The summed E-state index contributed by atoms with van der Waals surface area (Å²) in [6.45, 7) is 0.346. The molecule has 160 valence electrons. The summed E-state index contributed by atoms with van der Waals surface area (Å²) in [7, 11) is 0. The third kappa shape index (κ3) is 4.42. The second-order valence-corrected chi connectivity index (χ2v) is 8.26. The SMILES string of the molecule is O=C(NCc1ccccc1-n1cc(-c2cncs2)nn1)C1CC(Cc2ccccc2)=NO1. The molecule has 3 heterocycles. The molecule has 5 rings (SSSR count). The van der Waals surface area contributed by atoms with E-state index in [1.807, 2.05) is 60.8 Å². The lowest BCUT2D eigenvalue weighted by molar-refractivity contribution is -0.131. The number of thiazole rings is 1. The molecule has 1 amide bonds. The maximum absolute atomic E-state index is 12.7. The van der Waals surface area contributed by atoms with E-state index in [9.17, 15) is 4.79 Å². The van der Waals surface area contributed by atoms with Gasteiger partial charge in [0, 0.05) is 25.6 Å². The van der Waals surface area contributed by atoms with E-state index in [2.05, 4.69) is 25.8 Å². The molecule has 4 aromatic rings. The zero-order valence-electron chi connectivity index (χ0n) is 17.1. The van der Waals surface area contributed by atoms with Gasteiger partial charge >= 0.3 is 0 Å². The Hall–Kier alpha value is -3.85. The molecule has 1 aliphatic heterocycles. The van der Waals surface area contributed by atoms with Crippen LogP contribution >= 0.6 is 11.3 Å². The van der Waals surface area contributed by atoms with Crippen LogP contribution in [0.1, 0.15) is 17.5 Å². The van der Waals surface area contributed by atoms with Crippen molar-refractivity contribution in [1.29, 1.82) is 0 Å². The predicted octanol–water partition coefficient (Wildman–Crippen LogP) is 3.39. The molecule has 2 aromatic carbocycles. The zero-order chi connectivity index (χ0) is 21.8. The molecule has 0 saturated carbocycles. The van der Waals surface area contributed by atoms with Gasteiger partial charge in [0.1, 0.15) is 5.69 Å². The van der Waals surface area contributed by atoms with E-state index in [0.717, 1.165) is 33.1 Å². The van der Waals surface area contributed by atoms with E-state index in [0.29, 0.717) is 19.4 Å². The summed E-state index contributed by atoms with van der Waals surface area (Å²) in [4.78, 5) is 23.1. The normalized spacial score (nSPS) is 15.2. The number of para-hydroxylation sites is 1. The Labute approximate surface area is 188 Å². The Bertz CT molecular complexity index is 1240. The van der Waals surface area contributed by atoms with E-state index in [1.165, 1.54) is 11.3 Å². The van der Waals surface area contributed by atoms with Crippen molar-refractivity contribution < 1.29 is 9.63 Å². The molecule has 0 aliphatic carbocycles. The molecular weight excluding hydrogens is 424 g/mol. The van der Waals surface area contributed by atoms with E-state index in [-0.39, 0.29) is 5.91 Å². The molecule has 1 unspecified atom stereocenters. The lowest BCUT2D eigenvalue weighted by atomic mass is 10.0. The minimum Gasteiger partial charge on any atom is -0.382 e. The van der Waals surface area contributed by atoms with Gasteiger partial charge in [0.05, 0.1) is 28.0 Å². The Morgan fingerprint density at radius 3 is 2.84 bits per heavy atom. The average Bonchev–Trinajstić information content (AvgIpc) is 3.60. The van der Waals surface area contributed by atoms with Gasteiger partial charge in [-0.3, -0.25) is 9.78 Å². The second-order valence-electron chi connectivity index (χ2n) is 7.38. The predicted molar refractivity (Wildman–Crippen MR) is 121 cm³/mol. The molecule has 0 saturated heterocycles. The van der Waals surface area contributed by atoms with Gasteiger partial charge in [-0.25, -0.2) is 4.68 Å². The number of amides is 1. The molecule has 32 heavy (non-hydrogen) atoms. The topological polar surface area (TPSA) is 94.3 Å². The largest absolute Gasteiger partial charge is 0.382 e. The van der Waals surface area contributed by atoms with E-state index in [4.69, 9.17) is 4.84 Å². The monoisotopic (exact) mass is 444 g/mol. The van der Waals surface area contributed by atoms with Gasteiger partial charge in [-0.2, -0.15) is 0 Å². The van der Waals surface area contributed by atoms with Crippen molar-refractivity contribution in [3.8, 4) is 16.3 Å². The van der Waals surface area contributed by atoms with Gasteiger partial charge in [-0.05, 0) is 17.2 Å². The molecule has 2 aromatic heterocycles. The van der Waals surface area contributed by atoms with Crippen molar-refractivity contribution in [2.45, 2.75) is 25.5 Å². The van der Waals surface area contributed by atoms with Crippen LogP contribution in [0.3, 0.4) is 0 Å². The summed E-state index contributed by atoms with van der Waals surface area (Å²) in [5, 5.41) is 15.6. The number of hydrogen-bond donors (Lipinski definition) is 1. The first kappa shape index (κ1) is 20.1. The molecule has 1 N–H and O–H groups in total. The minimum atomic E-state index is -0.606. The standard InChI is InChI=1S/C23H20N6O2S/c30-23(21-11-18(27-31-21)10-16-6-2-1-3-7-16)25-12-17-8-4-5-9-20(17)29-14-19(26-28-29)22-13-24-15-32-22/h1-9,13-15,21H,10-12H2,(H,25,30). The number of rotatable bonds is 7. The summed E-state index contributed by atoms with van der Waals surface area (Å²) in [5.74, 6) is -0.185. The first-order valence-corrected chi connectivity index (χ1v) is 11.1. The van der Waals surface area contributed by atoms with Crippen LogP contribution in [0.4, 0.5) is 0 Å². The van der Waals surface area contributed by atoms with Gasteiger partial charge in [0.25, 0.3) is 5.91 Å². The number of aromatic nitrogens is 4. The maximum Gasteiger partial charge on any atom is 0.264 e. The fourth-order valence-electron chi connectivity index (χ4n) is 3.52. The number of hydrogen-bond acceptors (Lipinski definition) is 7. The lowest BCUT2D eigenvalue weighted by Crippen LogP contribution is -2.34. The molecule has 1 aliphatic rings. The van der Waals surface area contributed by atoms with Gasteiger partial charge in [-0.1, -0.05) is 58.9 Å². The molecule has 0 radical (unpaired) electrons. The second kappa shape index (κ2) is 9.11. The van der Waals surface area contributed by atoms with Crippen LogP contribution in [0.25, 0.3) is 16.3 Å². The smallest absolute Gasteiger partial charge is 0.264 e. The Morgan fingerprint density at radius 2 is 2.00 bits per heavy atom. The molecule has 0 fully saturated rings. The quantitative estimate of drug-likeness (QED) is 0.472. The van der Waals surface area contributed by atoms with Crippen molar-refractivity contribution in [3.63, 3.8) is 0 Å². The van der Waals surface area contributed by atoms with Crippen LogP contribution in [0.5, 0.6) is 0 Å². The first-order valence-electron chi connectivity index (χ1n) is 10.2. The Morgan fingerprint density at radius 1 is 1.16 bits per heavy atom. The van der Waals surface area contributed by atoms with Crippen LogP contribution < -0.4 is 5.32 Å². The molecule has 0 bridgehead atoms. The first-order chi connectivity index (χ1) is 15.8. The maximum atomic E-state index is 12.7. The number of benzene rings is 2. The van der Waals surface area contributed by atoms with Crippen molar-refractivity contribution in [2.24, 2.45) is 5.16 Å². The third-order valence-corrected chi connectivity index (χ3v) is 5.94. The molecule has 9 heteroatoms. The fraction of sp³-hybridized carbons (Fsp3) is 0.174. The minimum absolute atomic E-state index is 0.185. The van der Waals surface area contributed by atoms with Crippen molar-refractivity contribution >= 4 is 23.0 Å². The highest BCUT2D eigenvalue weighted by Crippen LogP contribution is 2.22. The molecule has 0 spiro atoms. The molecule has 1 atom stereocenters. The highest BCUT2D eigenvalue weighted by molar-refractivity contribution is 7.13. The van der Waals surface area contributed by atoms with Crippen molar-refractivity contribution in [2.75, 3.05) is 0 Å². The third-order valence-electron chi connectivity index (χ3n) is 5.14. The summed E-state index contributed by atoms with van der Waals surface area (Å²) >= 11 is 1.51. The van der Waals surface area contributed by atoms with Gasteiger partial charge < -0.3 is 10.2 Å². The van der Waals surface area contributed by atoms with Crippen LogP contribution in [-0.2, 0) is 22.6 Å². The summed E-state index contributed by atoms with van der Waals surface area (Å²) in [5.41, 5.74) is 6.31. The van der Waals surface area contributed by atoms with E-state index >= 15 is 0 Å². The Balaban J connectivity index is 1.21. The molecule has 8 nitrogen and oxygen atoms in total. The zero-order valence-corrected chi connectivity index (χ0v) is 17.9. The Kier molecular flexibility index (Phi) is 5.71.